The molecular formula is C15H21ClN2O2. The van der Waals surface area contributed by atoms with Crippen LogP contribution in [0.1, 0.15) is 43.7 Å². The fourth-order valence-electron chi connectivity index (χ4n) is 2.20. The highest BCUT2D eigenvalue weighted by molar-refractivity contribution is 6.29. The second-order valence-corrected chi connectivity index (χ2v) is 6.62. The summed E-state index contributed by atoms with van der Waals surface area (Å²) in [6, 6.07) is 3.57. The monoisotopic (exact) mass is 296 g/mol. The van der Waals surface area contributed by atoms with Gasteiger partial charge in [-0.05, 0) is 19.1 Å². The Morgan fingerprint density at radius 3 is 2.75 bits per heavy atom. The summed E-state index contributed by atoms with van der Waals surface area (Å²) in [5.74, 6) is -0.00407. The molecule has 5 heteroatoms. The molecule has 0 spiro atoms. The predicted octanol–water partition coefficient (Wildman–Crippen LogP) is 2.89. The number of aromatic nitrogens is 1. The van der Waals surface area contributed by atoms with Crippen molar-refractivity contribution in [2.24, 2.45) is 0 Å². The Morgan fingerprint density at radius 1 is 1.45 bits per heavy atom. The molecule has 1 aliphatic heterocycles. The summed E-state index contributed by atoms with van der Waals surface area (Å²) in [5, 5.41) is 0.363. The number of morpholine rings is 1. The number of hydrogen-bond acceptors (Lipinski definition) is 3. The molecule has 0 aliphatic carbocycles. The van der Waals surface area contributed by atoms with E-state index in [0.717, 1.165) is 5.69 Å². The molecule has 1 aliphatic rings. The van der Waals surface area contributed by atoms with Crippen molar-refractivity contribution in [1.82, 2.24) is 9.88 Å². The molecule has 1 atom stereocenters. The zero-order valence-corrected chi connectivity index (χ0v) is 13.2. The zero-order valence-electron chi connectivity index (χ0n) is 12.4. The van der Waals surface area contributed by atoms with Crippen LogP contribution in [-0.2, 0) is 10.2 Å². The molecule has 1 saturated heterocycles. The summed E-state index contributed by atoms with van der Waals surface area (Å²) in [4.78, 5) is 18.8. The summed E-state index contributed by atoms with van der Waals surface area (Å²) >= 11 is 6.07. The lowest BCUT2D eigenvalue weighted by Gasteiger charge is -2.33. The van der Waals surface area contributed by atoms with Gasteiger partial charge in [0.15, 0.2) is 0 Å². The average Bonchev–Trinajstić information content (AvgIpc) is 2.37. The van der Waals surface area contributed by atoms with Gasteiger partial charge in [-0.15, -0.1) is 0 Å². The molecule has 2 rings (SSSR count). The van der Waals surface area contributed by atoms with E-state index < -0.39 is 0 Å². The van der Waals surface area contributed by atoms with Crippen LogP contribution in [-0.4, -0.2) is 41.6 Å². The van der Waals surface area contributed by atoms with Crippen LogP contribution in [0.25, 0.3) is 0 Å². The van der Waals surface area contributed by atoms with Gasteiger partial charge in [-0.25, -0.2) is 4.98 Å². The lowest BCUT2D eigenvalue weighted by Crippen LogP contribution is -2.47. The topological polar surface area (TPSA) is 42.4 Å². The molecule has 1 fully saturated rings. The van der Waals surface area contributed by atoms with Crippen molar-refractivity contribution in [3.05, 3.63) is 28.5 Å². The Labute approximate surface area is 125 Å². The van der Waals surface area contributed by atoms with Crippen molar-refractivity contribution in [3.8, 4) is 0 Å². The van der Waals surface area contributed by atoms with E-state index in [4.69, 9.17) is 16.3 Å². The molecule has 0 radical (unpaired) electrons. The minimum atomic E-state index is -0.142. The number of pyridine rings is 1. The number of carbonyl (C=O) groups excluding carboxylic acids is 1. The molecule has 0 aromatic carbocycles. The number of ether oxygens (including phenoxy) is 1. The van der Waals surface area contributed by atoms with E-state index in [1.54, 1.807) is 6.07 Å². The normalized spacial score (nSPS) is 20.1. The highest BCUT2D eigenvalue weighted by Crippen LogP contribution is 2.24. The second-order valence-electron chi connectivity index (χ2n) is 6.24. The van der Waals surface area contributed by atoms with E-state index in [1.165, 1.54) is 0 Å². The van der Waals surface area contributed by atoms with E-state index in [-0.39, 0.29) is 17.4 Å². The lowest BCUT2D eigenvalue weighted by molar-refractivity contribution is 0.00358. The third kappa shape index (κ3) is 3.30. The van der Waals surface area contributed by atoms with Crippen LogP contribution in [0.3, 0.4) is 0 Å². The van der Waals surface area contributed by atoms with E-state index in [0.29, 0.717) is 30.5 Å². The Hall–Kier alpha value is -1.13. The Morgan fingerprint density at radius 2 is 2.15 bits per heavy atom. The number of nitrogens with zero attached hydrogens (tertiary/aromatic N) is 2. The fourth-order valence-corrected chi connectivity index (χ4v) is 2.41. The van der Waals surface area contributed by atoms with Crippen LogP contribution >= 0.6 is 11.6 Å². The SMILES string of the molecule is CC1COCCN1C(=O)c1cc(Cl)nc(C(C)(C)C)c1. The molecule has 2 heterocycles. The molecule has 4 nitrogen and oxygen atoms in total. The largest absolute Gasteiger partial charge is 0.377 e. The summed E-state index contributed by atoms with van der Waals surface area (Å²) in [5.41, 5.74) is 1.29. The number of rotatable bonds is 1. The Bertz CT molecular complexity index is 511. The molecule has 1 unspecified atom stereocenters. The van der Waals surface area contributed by atoms with Crippen molar-refractivity contribution >= 4 is 17.5 Å². The molecule has 110 valence electrons. The number of hydrogen-bond donors (Lipinski definition) is 0. The molecule has 1 aromatic heterocycles. The first-order valence-electron chi connectivity index (χ1n) is 6.86. The third-order valence-corrected chi connectivity index (χ3v) is 3.63. The maximum Gasteiger partial charge on any atom is 0.254 e. The van der Waals surface area contributed by atoms with Crippen LogP contribution in [0, 0.1) is 0 Å². The van der Waals surface area contributed by atoms with Gasteiger partial charge in [0.1, 0.15) is 5.15 Å². The van der Waals surface area contributed by atoms with Gasteiger partial charge in [0, 0.05) is 23.2 Å². The maximum atomic E-state index is 12.6. The van der Waals surface area contributed by atoms with Crippen molar-refractivity contribution in [3.63, 3.8) is 0 Å². The fraction of sp³-hybridized carbons (Fsp3) is 0.600. The Balaban J connectivity index is 2.32. The first kappa shape index (κ1) is 15.3. The van der Waals surface area contributed by atoms with E-state index in [9.17, 15) is 4.79 Å². The number of halogens is 1. The van der Waals surface area contributed by atoms with Crippen LogP contribution < -0.4 is 0 Å². The van der Waals surface area contributed by atoms with Gasteiger partial charge in [-0.3, -0.25) is 4.79 Å². The first-order valence-corrected chi connectivity index (χ1v) is 7.23. The zero-order chi connectivity index (χ0) is 14.9. The van der Waals surface area contributed by atoms with E-state index in [2.05, 4.69) is 25.8 Å². The predicted molar refractivity (Wildman–Crippen MR) is 79.3 cm³/mol. The van der Waals surface area contributed by atoms with Crippen LogP contribution in [0.15, 0.2) is 12.1 Å². The standard InChI is InChI=1S/C15H21ClN2O2/c1-10-9-20-6-5-18(10)14(19)11-7-12(15(2,3)4)17-13(16)8-11/h7-8,10H,5-6,9H2,1-4H3. The maximum absolute atomic E-state index is 12.6. The summed E-state index contributed by atoms with van der Waals surface area (Å²) in [6.07, 6.45) is 0. The highest BCUT2D eigenvalue weighted by Gasteiger charge is 2.26. The van der Waals surface area contributed by atoms with Gasteiger partial charge >= 0.3 is 0 Å². The van der Waals surface area contributed by atoms with Crippen molar-refractivity contribution < 1.29 is 9.53 Å². The van der Waals surface area contributed by atoms with Crippen molar-refractivity contribution in [2.45, 2.75) is 39.2 Å². The van der Waals surface area contributed by atoms with Crippen molar-refractivity contribution in [2.75, 3.05) is 19.8 Å². The smallest absolute Gasteiger partial charge is 0.254 e. The number of amides is 1. The molecule has 1 aromatic rings. The summed E-state index contributed by atoms with van der Waals surface area (Å²) in [6.45, 7) is 9.93. The summed E-state index contributed by atoms with van der Waals surface area (Å²) < 4.78 is 5.37. The lowest BCUT2D eigenvalue weighted by atomic mass is 9.90. The average molecular weight is 297 g/mol. The quantitative estimate of drug-likeness (QED) is 0.748. The van der Waals surface area contributed by atoms with Gasteiger partial charge in [-0.2, -0.15) is 0 Å². The number of carbonyl (C=O) groups is 1. The molecule has 20 heavy (non-hydrogen) atoms. The highest BCUT2D eigenvalue weighted by atomic mass is 35.5. The van der Waals surface area contributed by atoms with Gasteiger partial charge in [-0.1, -0.05) is 32.4 Å². The third-order valence-electron chi connectivity index (χ3n) is 3.44. The summed E-state index contributed by atoms with van der Waals surface area (Å²) in [7, 11) is 0. The van der Waals surface area contributed by atoms with Crippen LogP contribution in [0.2, 0.25) is 5.15 Å². The van der Waals surface area contributed by atoms with Gasteiger partial charge < -0.3 is 9.64 Å². The van der Waals surface area contributed by atoms with E-state index >= 15 is 0 Å². The van der Waals surface area contributed by atoms with Crippen LogP contribution in [0.5, 0.6) is 0 Å². The first-order chi connectivity index (χ1) is 9.29. The molecular weight excluding hydrogens is 276 g/mol. The molecule has 0 saturated carbocycles. The van der Waals surface area contributed by atoms with Crippen molar-refractivity contribution in [1.29, 1.82) is 0 Å². The second kappa shape index (κ2) is 5.70. The van der Waals surface area contributed by atoms with Crippen LogP contribution in [0.4, 0.5) is 0 Å². The Kier molecular flexibility index (Phi) is 4.35. The van der Waals surface area contributed by atoms with Gasteiger partial charge in [0.25, 0.3) is 5.91 Å². The molecule has 1 amide bonds. The molecule has 0 N–H and O–H groups in total. The minimum absolute atomic E-state index is 0.00407. The van der Waals surface area contributed by atoms with Gasteiger partial charge in [0.2, 0.25) is 0 Å². The minimum Gasteiger partial charge on any atom is -0.377 e. The van der Waals surface area contributed by atoms with E-state index in [1.807, 2.05) is 17.9 Å². The van der Waals surface area contributed by atoms with Gasteiger partial charge in [0.05, 0.1) is 19.3 Å². The molecule has 0 bridgehead atoms.